The molecule has 1 spiro atoms. The van der Waals surface area contributed by atoms with Crippen LogP contribution < -0.4 is 0 Å². The normalized spacial score (nSPS) is 36.7. The molecule has 7 heteroatoms. The van der Waals surface area contributed by atoms with Crippen LogP contribution >= 0.6 is 0 Å². The number of hydrogen-bond acceptors (Lipinski definition) is 4. The second-order valence-electron chi connectivity index (χ2n) is 11.4. The number of alkyl halides is 3. The highest BCUT2D eigenvalue weighted by atomic mass is 19.4. The fourth-order valence-electron chi connectivity index (χ4n) is 7.33. The number of rotatable bonds is 5. The van der Waals surface area contributed by atoms with Crippen molar-refractivity contribution in [2.75, 3.05) is 13.2 Å². The summed E-state index contributed by atoms with van der Waals surface area (Å²) in [7, 11) is 0. The maximum atomic E-state index is 13.1. The Morgan fingerprint density at radius 3 is 2.49 bits per heavy atom. The van der Waals surface area contributed by atoms with Gasteiger partial charge in [-0.15, -0.1) is 0 Å². The van der Waals surface area contributed by atoms with Gasteiger partial charge in [-0.05, 0) is 79.5 Å². The maximum absolute atomic E-state index is 13.1. The summed E-state index contributed by atoms with van der Waals surface area (Å²) in [6, 6.07) is 9.06. The molecule has 2 saturated carbocycles. The molecular weight excluding hydrogens is 455 g/mol. The summed E-state index contributed by atoms with van der Waals surface area (Å²) < 4.78 is 45.3. The SMILES string of the molecule is C[C@]1(CO)[C@H]2CC[C@@]3(CO3)[C@@H](CCc3ccc(-c4cccc(C(F)(F)F)c4)cn3)[C@]2(C)CC[C@H]1O. The molecule has 6 atom stereocenters. The number of aryl methyl sites for hydroxylation is 1. The lowest BCUT2D eigenvalue weighted by Crippen LogP contribution is -2.60. The number of epoxide rings is 1. The Labute approximate surface area is 204 Å². The molecule has 0 bridgehead atoms. The van der Waals surface area contributed by atoms with Crippen molar-refractivity contribution in [1.29, 1.82) is 0 Å². The molecule has 4 nitrogen and oxygen atoms in total. The van der Waals surface area contributed by atoms with Gasteiger partial charge >= 0.3 is 6.18 Å². The van der Waals surface area contributed by atoms with Crippen LogP contribution in [0, 0.1) is 22.7 Å². The van der Waals surface area contributed by atoms with Crippen molar-refractivity contribution >= 4 is 0 Å². The number of ether oxygens (including phenoxy) is 1. The van der Waals surface area contributed by atoms with Crippen LogP contribution in [-0.2, 0) is 17.3 Å². The summed E-state index contributed by atoms with van der Waals surface area (Å²) in [5, 5.41) is 21.0. The van der Waals surface area contributed by atoms with E-state index < -0.39 is 23.3 Å². The van der Waals surface area contributed by atoms with E-state index in [0.29, 0.717) is 23.5 Å². The molecule has 1 aromatic carbocycles. The van der Waals surface area contributed by atoms with Crippen molar-refractivity contribution in [2.24, 2.45) is 22.7 Å². The fraction of sp³-hybridized carbons (Fsp3) is 0.607. The van der Waals surface area contributed by atoms with E-state index in [-0.39, 0.29) is 23.5 Å². The molecule has 3 fully saturated rings. The first kappa shape index (κ1) is 24.7. The van der Waals surface area contributed by atoms with E-state index >= 15 is 0 Å². The summed E-state index contributed by atoms with van der Waals surface area (Å²) in [6.45, 7) is 5.08. The van der Waals surface area contributed by atoms with Gasteiger partial charge in [-0.1, -0.05) is 32.0 Å². The van der Waals surface area contributed by atoms with E-state index in [4.69, 9.17) is 4.74 Å². The van der Waals surface area contributed by atoms with Crippen molar-refractivity contribution in [3.63, 3.8) is 0 Å². The highest BCUT2D eigenvalue weighted by Crippen LogP contribution is 2.66. The first-order valence-electron chi connectivity index (χ1n) is 12.6. The van der Waals surface area contributed by atoms with Gasteiger partial charge in [0.1, 0.15) is 0 Å². The number of aliphatic hydroxyl groups is 2. The standard InChI is InChI=1S/C28H34F3NO3/c1-25-12-11-24(34)26(2,16-33)22(25)10-13-27(17-35-27)23(25)9-8-21-7-6-19(15-32-21)18-4-3-5-20(14-18)28(29,30)31/h3-7,14-15,22-24,33-34H,8-13,16-17H2,1-2H3/t22-,23-,24+,25+,26-,27+/m0/s1. The third kappa shape index (κ3) is 4.19. The zero-order chi connectivity index (χ0) is 25.1. The Hall–Kier alpha value is -1.96. The number of nitrogens with zero attached hydrogens (tertiary/aromatic N) is 1. The van der Waals surface area contributed by atoms with Crippen LogP contribution in [0.2, 0.25) is 0 Å². The van der Waals surface area contributed by atoms with Gasteiger partial charge in [0, 0.05) is 22.9 Å². The molecule has 190 valence electrons. The van der Waals surface area contributed by atoms with E-state index in [1.54, 1.807) is 12.3 Å². The number of benzene rings is 1. The van der Waals surface area contributed by atoms with Gasteiger partial charge in [0.15, 0.2) is 0 Å². The summed E-state index contributed by atoms with van der Waals surface area (Å²) in [5.41, 5.74) is 0.740. The highest BCUT2D eigenvalue weighted by Gasteiger charge is 2.66. The quantitative estimate of drug-likeness (QED) is 0.533. The predicted octanol–water partition coefficient (Wildman–Crippen LogP) is 5.65. The number of aromatic nitrogens is 1. The van der Waals surface area contributed by atoms with Crippen molar-refractivity contribution in [3.8, 4) is 11.1 Å². The minimum Gasteiger partial charge on any atom is -0.396 e. The second kappa shape index (κ2) is 8.56. The molecule has 0 radical (unpaired) electrons. The van der Waals surface area contributed by atoms with E-state index in [1.165, 1.54) is 6.07 Å². The highest BCUT2D eigenvalue weighted by molar-refractivity contribution is 5.63. The average molecular weight is 490 g/mol. The maximum Gasteiger partial charge on any atom is 0.416 e. The summed E-state index contributed by atoms with van der Waals surface area (Å²) in [4.78, 5) is 4.58. The Morgan fingerprint density at radius 1 is 1.09 bits per heavy atom. The number of halogens is 3. The van der Waals surface area contributed by atoms with E-state index in [9.17, 15) is 23.4 Å². The molecule has 1 aliphatic heterocycles. The lowest BCUT2D eigenvalue weighted by Gasteiger charge is -2.61. The summed E-state index contributed by atoms with van der Waals surface area (Å²) in [6.07, 6.45) is 1.91. The minimum absolute atomic E-state index is 0.0203. The zero-order valence-electron chi connectivity index (χ0n) is 20.3. The van der Waals surface area contributed by atoms with Crippen molar-refractivity contribution in [2.45, 2.75) is 70.3 Å². The first-order valence-corrected chi connectivity index (χ1v) is 12.6. The van der Waals surface area contributed by atoms with E-state index in [1.807, 2.05) is 19.1 Å². The topological polar surface area (TPSA) is 65.9 Å². The summed E-state index contributed by atoms with van der Waals surface area (Å²) in [5.74, 6) is 0.525. The van der Waals surface area contributed by atoms with Gasteiger partial charge in [0.25, 0.3) is 0 Å². The minimum atomic E-state index is -4.38. The zero-order valence-corrected chi connectivity index (χ0v) is 20.3. The molecular formula is C28H34F3NO3. The third-order valence-corrected chi connectivity index (χ3v) is 9.49. The van der Waals surface area contributed by atoms with Crippen LogP contribution in [0.1, 0.15) is 57.2 Å². The molecule has 2 aromatic rings. The molecule has 35 heavy (non-hydrogen) atoms. The van der Waals surface area contributed by atoms with Gasteiger partial charge in [0.2, 0.25) is 0 Å². The molecule has 2 heterocycles. The number of fused-ring (bicyclic) bond motifs is 1. The first-order chi connectivity index (χ1) is 16.5. The number of pyridine rings is 1. The molecule has 3 aliphatic rings. The van der Waals surface area contributed by atoms with Gasteiger partial charge in [0.05, 0.1) is 30.5 Å². The van der Waals surface area contributed by atoms with Gasteiger partial charge < -0.3 is 14.9 Å². The second-order valence-corrected chi connectivity index (χ2v) is 11.4. The molecule has 5 rings (SSSR count). The largest absolute Gasteiger partial charge is 0.416 e. The van der Waals surface area contributed by atoms with Crippen LogP contribution in [-0.4, -0.2) is 40.1 Å². The molecule has 2 aliphatic carbocycles. The molecule has 1 aromatic heterocycles. The van der Waals surface area contributed by atoms with E-state index in [0.717, 1.165) is 56.5 Å². The Bertz CT molecular complexity index is 1070. The summed E-state index contributed by atoms with van der Waals surface area (Å²) >= 11 is 0. The Kier molecular flexibility index (Phi) is 6.05. The molecule has 0 amide bonds. The lowest BCUT2D eigenvalue weighted by atomic mass is 9.45. The smallest absolute Gasteiger partial charge is 0.396 e. The monoisotopic (exact) mass is 489 g/mol. The molecule has 1 saturated heterocycles. The lowest BCUT2D eigenvalue weighted by molar-refractivity contribution is -0.176. The molecule has 0 unspecified atom stereocenters. The molecule has 2 N–H and O–H groups in total. The third-order valence-electron chi connectivity index (χ3n) is 9.49. The van der Waals surface area contributed by atoms with Crippen molar-refractivity contribution in [3.05, 3.63) is 53.9 Å². The van der Waals surface area contributed by atoms with Crippen LogP contribution in [0.15, 0.2) is 42.6 Å². The van der Waals surface area contributed by atoms with Crippen LogP contribution in [0.5, 0.6) is 0 Å². The number of aliphatic hydroxyl groups excluding tert-OH is 2. The fourth-order valence-corrected chi connectivity index (χ4v) is 7.33. The van der Waals surface area contributed by atoms with Gasteiger partial charge in [-0.2, -0.15) is 13.2 Å². The van der Waals surface area contributed by atoms with Gasteiger partial charge in [-0.3, -0.25) is 4.98 Å². The predicted molar refractivity (Wildman–Crippen MR) is 126 cm³/mol. The van der Waals surface area contributed by atoms with Crippen LogP contribution in [0.25, 0.3) is 11.1 Å². The van der Waals surface area contributed by atoms with Crippen molar-refractivity contribution in [1.82, 2.24) is 4.98 Å². The van der Waals surface area contributed by atoms with E-state index in [2.05, 4.69) is 11.9 Å². The van der Waals surface area contributed by atoms with Crippen molar-refractivity contribution < 1.29 is 28.1 Å². The van der Waals surface area contributed by atoms with Crippen LogP contribution in [0.4, 0.5) is 13.2 Å². The Balaban J connectivity index is 1.33. The van der Waals surface area contributed by atoms with Gasteiger partial charge in [-0.25, -0.2) is 0 Å². The Morgan fingerprint density at radius 2 is 1.86 bits per heavy atom. The van der Waals surface area contributed by atoms with Crippen LogP contribution in [0.3, 0.4) is 0 Å². The average Bonchev–Trinajstić information content (AvgIpc) is 3.61. The number of hydrogen-bond donors (Lipinski definition) is 2.